The van der Waals surface area contributed by atoms with Gasteiger partial charge in [0, 0.05) is 0 Å². The molecule has 0 aromatic heterocycles. The van der Waals surface area contributed by atoms with Crippen LogP contribution in [0, 0.1) is 0 Å². The van der Waals surface area contributed by atoms with Crippen molar-refractivity contribution in [3.8, 4) is 0 Å². The summed E-state index contributed by atoms with van der Waals surface area (Å²) in [5, 5.41) is 3.30. The lowest BCUT2D eigenvalue weighted by atomic mass is 10.0. The summed E-state index contributed by atoms with van der Waals surface area (Å²) in [6, 6.07) is 18.3. The Morgan fingerprint density at radius 1 is 0.649 bits per heavy atom. The number of hydrogen-bond acceptors (Lipinski definition) is 5. The zero-order chi connectivity index (χ0) is 26.6. The summed E-state index contributed by atoms with van der Waals surface area (Å²) in [6.07, 6.45) is 13.4. The smallest absolute Gasteiger partial charge is 0.323 e. The Bertz CT molecular complexity index is 856. The maximum absolute atomic E-state index is 13.1. The van der Waals surface area contributed by atoms with Crippen molar-refractivity contribution in [3.63, 3.8) is 0 Å². The van der Waals surface area contributed by atoms with Crippen molar-refractivity contribution >= 4 is 11.9 Å². The van der Waals surface area contributed by atoms with Crippen LogP contribution in [0.1, 0.15) is 95.6 Å². The van der Waals surface area contributed by atoms with E-state index in [1.54, 1.807) is 0 Å². The number of rotatable bonds is 20. The molecule has 37 heavy (non-hydrogen) atoms. The lowest BCUT2D eigenvalue weighted by Gasteiger charge is -2.24. The van der Waals surface area contributed by atoms with E-state index in [1.807, 2.05) is 67.6 Å². The van der Waals surface area contributed by atoms with Gasteiger partial charge in [-0.1, -0.05) is 132 Å². The van der Waals surface area contributed by atoms with Gasteiger partial charge in [0.25, 0.3) is 0 Å². The molecule has 0 heterocycles. The number of ether oxygens (including phenoxy) is 2. The van der Waals surface area contributed by atoms with Gasteiger partial charge in [-0.2, -0.15) is 0 Å². The third-order valence-electron chi connectivity index (χ3n) is 6.61. The van der Waals surface area contributed by atoms with Gasteiger partial charge in [0.15, 0.2) is 0 Å². The van der Waals surface area contributed by atoms with Gasteiger partial charge >= 0.3 is 11.9 Å². The average molecular weight is 510 g/mol. The Hall–Kier alpha value is -2.66. The first-order valence-corrected chi connectivity index (χ1v) is 14.3. The lowest BCUT2D eigenvalue weighted by molar-refractivity contribution is -0.150. The van der Waals surface area contributed by atoms with Crippen molar-refractivity contribution < 1.29 is 19.1 Å². The van der Waals surface area contributed by atoms with E-state index in [0.29, 0.717) is 19.4 Å². The predicted molar refractivity (Wildman–Crippen MR) is 150 cm³/mol. The molecular weight excluding hydrogens is 462 g/mol. The predicted octanol–water partition coefficient (Wildman–Crippen LogP) is 7.17. The van der Waals surface area contributed by atoms with Gasteiger partial charge < -0.3 is 9.47 Å². The quantitative estimate of drug-likeness (QED) is 0.151. The third-order valence-corrected chi connectivity index (χ3v) is 6.61. The first-order valence-electron chi connectivity index (χ1n) is 14.3. The highest BCUT2D eigenvalue weighted by atomic mass is 16.5. The first kappa shape index (κ1) is 30.6. The number of carbonyl (C=O) groups is 2. The van der Waals surface area contributed by atoms with E-state index >= 15 is 0 Å². The van der Waals surface area contributed by atoms with Crippen LogP contribution in [0.25, 0.3) is 0 Å². The summed E-state index contributed by atoms with van der Waals surface area (Å²) in [4.78, 5) is 25.9. The summed E-state index contributed by atoms with van der Waals surface area (Å²) in [5.41, 5.74) is 1.94. The molecular formula is C32H47NO4. The average Bonchev–Trinajstić information content (AvgIpc) is 2.92. The molecule has 0 aliphatic rings. The molecule has 0 radical (unpaired) electrons. The van der Waals surface area contributed by atoms with Gasteiger partial charge in [0.1, 0.15) is 18.7 Å². The largest absolute Gasteiger partial charge is 0.465 e. The molecule has 0 saturated heterocycles. The van der Waals surface area contributed by atoms with E-state index in [-0.39, 0.29) is 18.5 Å². The number of esters is 2. The van der Waals surface area contributed by atoms with Gasteiger partial charge in [-0.05, 0) is 30.9 Å². The molecule has 5 heteroatoms. The van der Waals surface area contributed by atoms with Crippen LogP contribution >= 0.6 is 0 Å². The van der Waals surface area contributed by atoms with E-state index < -0.39 is 12.1 Å². The number of nitrogens with one attached hydrogen (secondary N) is 1. The van der Waals surface area contributed by atoms with Gasteiger partial charge in [0.2, 0.25) is 0 Å². The first-order chi connectivity index (χ1) is 18.1. The number of carbonyl (C=O) groups excluding carboxylic acids is 2. The SMILES string of the molecule is CCCCCCCCCCCC[C@H](N[C@@H](Cc1ccccc1)C(=O)OCc1ccccc1)C(=O)OCC. The molecule has 0 spiro atoms. The second-order valence-corrected chi connectivity index (χ2v) is 9.78. The van der Waals surface area contributed by atoms with E-state index in [4.69, 9.17) is 9.47 Å². The zero-order valence-corrected chi connectivity index (χ0v) is 23.0. The monoisotopic (exact) mass is 509 g/mol. The topological polar surface area (TPSA) is 64.6 Å². The molecule has 5 nitrogen and oxygen atoms in total. The van der Waals surface area contributed by atoms with Crippen molar-refractivity contribution in [2.45, 2.75) is 110 Å². The number of hydrogen-bond donors (Lipinski definition) is 1. The Kier molecular flexibility index (Phi) is 16.1. The fourth-order valence-corrected chi connectivity index (χ4v) is 4.48. The van der Waals surface area contributed by atoms with Gasteiger partial charge in [-0.3, -0.25) is 14.9 Å². The van der Waals surface area contributed by atoms with Crippen LogP contribution in [-0.4, -0.2) is 30.6 Å². The molecule has 2 atom stereocenters. The van der Waals surface area contributed by atoms with Crippen LogP contribution in [0.2, 0.25) is 0 Å². The maximum Gasteiger partial charge on any atom is 0.323 e. The highest BCUT2D eigenvalue weighted by Gasteiger charge is 2.28. The fourth-order valence-electron chi connectivity index (χ4n) is 4.48. The number of unbranched alkanes of at least 4 members (excludes halogenated alkanes) is 9. The zero-order valence-electron chi connectivity index (χ0n) is 23.0. The molecule has 2 aromatic rings. The second kappa shape index (κ2) is 19.5. The molecule has 0 aliphatic carbocycles. The molecule has 0 amide bonds. The summed E-state index contributed by atoms with van der Waals surface area (Å²) in [5.74, 6) is -0.655. The van der Waals surface area contributed by atoms with Gasteiger partial charge in [-0.25, -0.2) is 0 Å². The summed E-state index contributed by atoms with van der Waals surface area (Å²) in [6.45, 7) is 4.58. The Morgan fingerprint density at radius 3 is 1.73 bits per heavy atom. The summed E-state index contributed by atoms with van der Waals surface area (Å²) >= 11 is 0. The molecule has 204 valence electrons. The molecule has 2 aromatic carbocycles. The molecule has 0 unspecified atom stereocenters. The minimum atomic E-state index is -0.636. The van der Waals surface area contributed by atoms with Crippen molar-refractivity contribution in [2.24, 2.45) is 0 Å². The summed E-state index contributed by atoms with van der Waals surface area (Å²) < 4.78 is 11.0. The van der Waals surface area contributed by atoms with E-state index in [0.717, 1.165) is 24.0 Å². The van der Waals surface area contributed by atoms with Crippen LogP contribution in [0.3, 0.4) is 0 Å². The normalized spacial score (nSPS) is 12.6. The molecule has 0 saturated carbocycles. The lowest BCUT2D eigenvalue weighted by Crippen LogP contribution is -2.49. The minimum Gasteiger partial charge on any atom is -0.465 e. The standard InChI is InChI=1S/C32H47NO4/c1-3-5-6-7-8-9-10-11-12-19-24-29(31(34)36-4-2)33-30(25-27-20-15-13-16-21-27)32(35)37-26-28-22-17-14-18-23-28/h13-18,20-23,29-30,33H,3-12,19,24-26H2,1-2H3/t29-,30-/m0/s1. The highest BCUT2D eigenvalue weighted by Crippen LogP contribution is 2.14. The van der Waals surface area contributed by atoms with Crippen molar-refractivity contribution in [1.29, 1.82) is 0 Å². The Labute approximate surface area is 224 Å². The van der Waals surface area contributed by atoms with Crippen molar-refractivity contribution in [3.05, 3.63) is 71.8 Å². The van der Waals surface area contributed by atoms with Crippen molar-refractivity contribution in [1.82, 2.24) is 5.32 Å². The second-order valence-electron chi connectivity index (χ2n) is 9.78. The third kappa shape index (κ3) is 13.5. The minimum absolute atomic E-state index is 0.204. The van der Waals surface area contributed by atoms with Crippen LogP contribution in [0.15, 0.2) is 60.7 Å². The summed E-state index contributed by atoms with van der Waals surface area (Å²) in [7, 11) is 0. The van der Waals surface area contributed by atoms with Crippen molar-refractivity contribution in [2.75, 3.05) is 6.61 Å². The molecule has 2 rings (SSSR count). The number of benzene rings is 2. The maximum atomic E-state index is 13.1. The fraction of sp³-hybridized carbons (Fsp3) is 0.562. The Balaban J connectivity index is 1.91. The van der Waals surface area contributed by atoms with Crippen LogP contribution in [-0.2, 0) is 32.1 Å². The molecule has 1 N–H and O–H groups in total. The van der Waals surface area contributed by atoms with Crippen LogP contribution in [0.4, 0.5) is 0 Å². The van der Waals surface area contributed by atoms with E-state index in [1.165, 1.54) is 51.4 Å². The van der Waals surface area contributed by atoms with Crippen LogP contribution in [0.5, 0.6) is 0 Å². The molecule has 0 bridgehead atoms. The van der Waals surface area contributed by atoms with Gasteiger partial charge in [0.05, 0.1) is 6.61 Å². The van der Waals surface area contributed by atoms with E-state index in [9.17, 15) is 9.59 Å². The van der Waals surface area contributed by atoms with Gasteiger partial charge in [-0.15, -0.1) is 0 Å². The van der Waals surface area contributed by atoms with Crippen LogP contribution < -0.4 is 5.32 Å². The highest BCUT2D eigenvalue weighted by molar-refractivity contribution is 5.80. The Morgan fingerprint density at radius 2 is 1.16 bits per heavy atom. The molecule has 0 aliphatic heterocycles. The van der Waals surface area contributed by atoms with E-state index in [2.05, 4.69) is 12.2 Å². The molecule has 0 fully saturated rings.